The quantitative estimate of drug-likeness (QED) is 0.166. The molecule has 0 aromatic heterocycles. The Kier molecular flexibility index (Phi) is 13.6. The van der Waals surface area contributed by atoms with E-state index in [2.05, 4.69) is 30.4 Å². The van der Waals surface area contributed by atoms with E-state index in [0.29, 0.717) is 6.42 Å². The molecule has 0 aliphatic carbocycles. The van der Waals surface area contributed by atoms with E-state index < -0.39 is 11.7 Å². The number of hydrogen-bond donors (Lipinski definition) is 0. The molecule has 32 heavy (non-hydrogen) atoms. The topological polar surface area (TPSA) is 35.5 Å². The molecule has 6 heteroatoms. The molecule has 0 N–H and O–H groups in total. The average Bonchev–Trinajstić information content (AvgIpc) is 2.72. The lowest BCUT2D eigenvalue weighted by molar-refractivity contribution is -0.147. The Labute approximate surface area is 189 Å². The van der Waals surface area contributed by atoms with Crippen LogP contribution in [0, 0.1) is 0 Å². The summed E-state index contributed by atoms with van der Waals surface area (Å²) in [6, 6.07) is 4.86. The smallest absolute Gasteiger partial charge is 0.416 e. The minimum absolute atomic E-state index is 0.0553. The van der Waals surface area contributed by atoms with Gasteiger partial charge in [-0.05, 0) is 64.2 Å². The van der Waals surface area contributed by atoms with Crippen molar-refractivity contribution in [3.05, 3.63) is 78.4 Å². The van der Waals surface area contributed by atoms with E-state index in [1.165, 1.54) is 12.1 Å². The molecule has 1 aromatic carbocycles. The van der Waals surface area contributed by atoms with Gasteiger partial charge < -0.3 is 9.47 Å². The lowest BCUT2D eigenvalue weighted by Gasteiger charge is -2.08. The monoisotopic (exact) mass is 450 g/mol. The molecule has 3 nitrogen and oxygen atoms in total. The van der Waals surface area contributed by atoms with Gasteiger partial charge in [-0.1, -0.05) is 54.7 Å². The van der Waals surface area contributed by atoms with Crippen LogP contribution in [0.25, 0.3) is 0 Å². The van der Waals surface area contributed by atoms with Gasteiger partial charge in [0.25, 0.3) is 0 Å². The van der Waals surface area contributed by atoms with Gasteiger partial charge in [0.1, 0.15) is 12.4 Å². The van der Waals surface area contributed by atoms with Crippen LogP contribution in [-0.2, 0) is 15.7 Å². The number of esters is 1. The minimum atomic E-state index is -4.37. The average molecular weight is 451 g/mol. The van der Waals surface area contributed by atoms with Gasteiger partial charge in [0.2, 0.25) is 0 Å². The van der Waals surface area contributed by atoms with E-state index in [4.69, 9.17) is 9.47 Å². The van der Waals surface area contributed by atoms with Crippen molar-refractivity contribution in [3.63, 3.8) is 0 Å². The molecule has 0 atom stereocenters. The molecule has 0 fully saturated rings. The second-order valence-electron chi connectivity index (χ2n) is 7.36. The number of unbranched alkanes of at least 4 members (excludes halogenated alkanes) is 1. The molecule has 1 aromatic rings. The van der Waals surface area contributed by atoms with Crippen LogP contribution in [0.2, 0.25) is 0 Å². The van der Waals surface area contributed by atoms with Gasteiger partial charge in [-0.25, -0.2) is 0 Å². The van der Waals surface area contributed by atoms with Gasteiger partial charge in [-0.3, -0.25) is 4.79 Å². The van der Waals surface area contributed by atoms with Crippen molar-refractivity contribution in [2.24, 2.45) is 0 Å². The highest BCUT2D eigenvalue weighted by Gasteiger charge is 2.30. The summed E-state index contributed by atoms with van der Waals surface area (Å²) in [6.07, 6.45) is 16.2. The lowest BCUT2D eigenvalue weighted by atomic mass is 10.2. The van der Waals surface area contributed by atoms with Crippen molar-refractivity contribution in [2.45, 2.75) is 64.7 Å². The number of hydrogen-bond acceptors (Lipinski definition) is 3. The third kappa shape index (κ3) is 14.3. The standard InChI is InChI=1S/C26H33F3O3/c1-22(2)32-25(30)19-14-12-10-8-6-4-3-5-7-9-11-13-15-20-31-24-18-16-17-23(21-24)26(27,28)29/h3-4,7-10,13,15-18,21-22H,5-6,11-12,14,19-20H2,1-2H3/b4-3+,9-7+,10-8+,15-13+. The maximum absolute atomic E-state index is 12.6. The van der Waals surface area contributed by atoms with Crippen LogP contribution >= 0.6 is 0 Å². The van der Waals surface area contributed by atoms with Crippen LogP contribution in [0.4, 0.5) is 13.2 Å². The predicted molar refractivity (Wildman–Crippen MR) is 122 cm³/mol. The summed E-state index contributed by atoms with van der Waals surface area (Å²) in [5.41, 5.74) is -0.714. The second kappa shape index (κ2) is 16.0. The summed E-state index contributed by atoms with van der Waals surface area (Å²) < 4.78 is 48.3. The van der Waals surface area contributed by atoms with Crippen LogP contribution in [0.15, 0.2) is 72.9 Å². The molecular formula is C26H33F3O3. The summed E-state index contributed by atoms with van der Waals surface area (Å²) in [5.74, 6) is 0.0611. The van der Waals surface area contributed by atoms with Crippen molar-refractivity contribution < 1.29 is 27.4 Å². The minimum Gasteiger partial charge on any atom is -0.490 e. The number of alkyl halides is 3. The van der Waals surface area contributed by atoms with Crippen molar-refractivity contribution in [1.82, 2.24) is 0 Å². The molecule has 0 aliphatic heterocycles. The third-order valence-electron chi connectivity index (χ3n) is 4.11. The molecule has 0 saturated carbocycles. The summed E-state index contributed by atoms with van der Waals surface area (Å²) >= 11 is 0. The zero-order chi connectivity index (χ0) is 23.7. The fourth-order valence-electron chi connectivity index (χ4n) is 2.59. The first-order chi connectivity index (χ1) is 15.3. The van der Waals surface area contributed by atoms with E-state index in [1.54, 1.807) is 6.08 Å². The zero-order valence-electron chi connectivity index (χ0n) is 18.8. The Morgan fingerprint density at radius 1 is 0.938 bits per heavy atom. The van der Waals surface area contributed by atoms with E-state index in [-0.39, 0.29) is 24.4 Å². The first-order valence-corrected chi connectivity index (χ1v) is 10.9. The molecule has 0 heterocycles. The van der Waals surface area contributed by atoms with Crippen LogP contribution in [0.5, 0.6) is 5.75 Å². The Morgan fingerprint density at radius 3 is 2.12 bits per heavy atom. The van der Waals surface area contributed by atoms with Crippen LogP contribution in [0.1, 0.15) is 57.9 Å². The van der Waals surface area contributed by atoms with Gasteiger partial charge in [-0.2, -0.15) is 13.2 Å². The molecular weight excluding hydrogens is 417 g/mol. The van der Waals surface area contributed by atoms with Crippen LogP contribution < -0.4 is 4.74 Å². The summed E-state index contributed by atoms with van der Waals surface area (Å²) in [5, 5.41) is 0. The number of ether oxygens (including phenoxy) is 2. The molecule has 0 unspecified atom stereocenters. The molecule has 176 valence electrons. The number of benzene rings is 1. The summed E-state index contributed by atoms with van der Waals surface area (Å²) in [7, 11) is 0. The van der Waals surface area contributed by atoms with E-state index in [9.17, 15) is 18.0 Å². The van der Waals surface area contributed by atoms with Crippen molar-refractivity contribution in [3.8, 4) is 5.75 Å². The first kappa shape index (κ1) is 27.3. The van der Waals surface area contributed by atoms with Gasteiger partial charge >= 0.3 is 12.1 Å². The highest BCUT2D eigenvalue weighted by Crippen LogP contribution is 2.31. The SMILES string of the molecule is CC(C)OC(=O)CCC/C=C/C/C=C/C/C=C/C/C=C/COc1cccc(C(F)(F)F)c1. The molecule has 0 radical (unpaired) electrons. The molecule has 0 saturated heterocycles. The second-order valence-corrected chi connectivity index (χ2v) is 7.36. The molecule has 0 bridgehead atoms. The largest absolute Gasteiger partial charge is 0.490 e. The Morgan fingerprint density at radius 2 is 1.53 bits per heavy atom. The van der Waals surface area contributed by atoms with Crippen molar-refractivity contribution in [1.29, 1.82) is 0 Å². The highest BCUT2D eigenvalue weighted by atomic mass is 19.4. The zero-order valence-corrected chi connectivity index (χ0v) is 18.8. The van der Waals surface area contributed by atoms with Crippen LogP contribution in [-0.4, -0.2) is 18.7 Å². The Bertz CT molecular complexity index is 775. The maximum Gasteiger partial charge on any atom is 0.416 e. The summed E-state index contributed by atoms with van der Waals surface area (Å²) in [4.78, 5) is 11.4. The maximum atomic E-state index is 12.6. The normalized spacial score (nSPS) is 12.7. The number of rotatable bonds is 14. The van der Waals surface area contributed by atoms with E-state index in [1.807, 2.05) is 26.0 Å². The van der Waals surface area contributed by atoms with Crippen LogP contribution in [0.3, 0.4) is 0 Å². The number of allylic oxidation sites excluding steroid dienone is 7. The van der Waals surface area contributed by atoms with Crippen molar-refractivity contribution in [2.75, 3.05) is 6.61 Å². The van der Waals surface area contributed by atoms with Gasteiger partial charge in [-0.15, -0.1) is 0 Å². The number of carbonyl (C=O) groups is 1. The fourth-order valence-corrected chi connectivity index (χ4v) is 2.59. The fraction of sp³-hybridized carbons (Fsp3) is 0.423. The molecule has 0 amide bonds. The Balaban J connectivity index is 2.07. The van der Waals surface area contributed by atoms with E-state index >= 15 is 0 Å². The first-order valence-electron chi connectivity index (χ1n) is 10.9. The number of carbonyl (C=O) groups excluding carboxylic acids is 1. The van der Waals surface area contributed by atoms with Gasteiger partial charge in [0.15, 0.2) is 0 Å². The van der Waals surface area contributed by atoms with Crippen molar-refractivity contribution >= 4 is 5.97 Å². The lowest BCUT2D eigenvalue weighted by Crippen LogP contribution is -2.10. The molecule has 1 rings (SSSR count). The van der Waals surface area contributed by atoms with Gasteiger partial charge in [0.05, 0.1) is 11.7 Å². The van der Waals surface area contributed by atoms with Gasteiger partial charge in [0, 0.05) is 6.42 Å². The van der Waals surface area contributed by atoms with E-state index in [0.717, 1.165) is 44.2 Å². The highest BCUT2D eigenvalue weighted by molar-refractivity contribution is 5.69. The molecule has 0 spiro atoms. The third-order valence-corrected chi connectivity index (χ3v) is 4.11. The Hall–Kier alpha value is -2.76. The predicted octanol–water partition coefficient (Wildman–Crippen LogP) is 7.60. The number of halogens is 3. The molecule has 0 aliphatic rings. The summed E-state index contributed by atoms with van der Waals surface area (Å²) in [6.45, 7) is 3.92.